The third-order valence-electron chi connectivity index (χ3n) is 1.52. The number of para-hydroxylation sites is 2. The minimum atomic E-state index is -0.503. The normalized spacial score (nSPS) is 9.50. The molecule has 0 aliphatic rings. The van der Waals surface area contributed by atoms with Crippen LogP contribution in [0.2, 0.25) is 0 Å². The van der Waals surface area contributed by atoms with Crippen LogP contribution in [0.15, 0.2) is 24.3 Å². The quantitative estimate of drug-likeness (QED) is 0.760. The lowest BCUT2D eigenvalue weighted by atomic mass is 10.3. The minimum absolute atomic E-state index is 0.135. The molecule has 0 unspecified atom stereocenters. The molecule has 0 atom stereocenters. The molecular weight excluding hydrogens is 182 g/mol. The summed E-state index contributed by atoms with van der Waals surface area (Å²) >= 11 is 0. The van der Waals surface area contributed by atoms with Crippen LogP contribution in [0.4, 0.5) is 0 Å². The lowest BCUT2D eigenvalue weighted by Crippen LogP contribution is -2.20. The van der Waals surface area contributed by atoms with Crippen molar-refractivity contribution < 1.29 is 14.3 Å². The number of hydrogen-bond acceptors (Lipinski definition) is 3. The molecule has 0 heterocycles. The van der Waals surface area contributed by atoms with Gasteiger partial charge in [0.2, 0.25) is 0 Å². The van der Waals surface area contributed by atoms with Crippen molar-refractivity contribution in [3.8, 4) is 11.5 Å². The number of primary amides is 1. The second-order valence-electron chi connectivity index (χ2n) is 2.63. The summed E-state index contributed by atoms with van der Waals surface area (Å²) in [5.74, 6) is 0.653. The molecule has 0 spiro atoms. The zero-order chi connectivity index (χ0) is 10.4. The number of carbonyl (C=O) groups is 1. The summed E-state index contributed by atoms with van der Waals surface area (Å²) in [6.07, 6.45) is 0. The summed E-state index contributed by atoms with van der Waals surface area (Å²) in [5, 5.41) is 0. The molecule has 76 valence electrons. The van der Waals surface area contributed by atoms with Crippen molar-refractivity contribution in [2.24, 2.45) is 5.73 Å². The van der Waals surface area contributed by atoms with Gasteiger partial charge in [0.25, 0.3) is 5.91 Å². The monoisotopic (exact) mass is 195 g/mol. The van der Waals surface area contributed by atoms with Gasteiger partial charge in [-0.2, -0.15) is 0 Å². The Bertz CT molecular complexity index is 312. The maximum absolute atomic E-state index is 10.5. The average Bonchev–Trinajstić information content (AvgIpc) is 2.17. The number of benzene rings is 1. The highest BCUT2D eigenvalue weighted by Crippen LogP contribution is 2.25. The smallest absolute Gasteiger partial charge is 0.255 e. The Morgan fingerprint density at radius 1 is 1.29 bits per heavy atom. The topological polar surface area (TPSA) is 61.6 Å². The Morgan fingerprint density at radius 3 is 2.36 bits per heavy atom. The van der Waals surface area contributed by atoms with Crippen molar-refractivity contribution in [1.29, 1.82) is 0 Å². The molecule has 0 radical (unpaired) electrons. The van der Waals surface area contributed by atoms with Gasteiger partial charge in [0.15, 0.2) is 18.1 Å². The van der Waals surface area contributed by atoms with Crippen LogP contribution in [0.25, 0.3) is 0 Å². The van der Waals surface area contributed by atoms with Gasteiger partial charge in [-0.05, 0) is 19.1 Å². The van der Waals surface area contributed by atoms with Gasteiger partial charge in [-0.1, -0.05) is 12.1 Å². The van der Waals surface area contributed by atoms with Crippen LogP contribution >= 0.6 is 0 Å². The first-order chi connectivity index (χ1) is 6.74. The molecule has 4 heteroatoms. The molecule has 0 aliphatic carbocycles. The summed E-state index contributed by atoms with van der Waals surface area (Å²) in [6, 6.07) is 7.15. The molecule has 1 aromatic rings. The number of ether oxygens (including phenoxy) is 2. The van der Waals surface area contributed by atoms with Gasteiger partial charge in [-0.15, -0.1) is 0 Å². The molecule has 0 aromatic heterocycles. The van der Waals surface area contributed by atoms with Gasteiger partial charge in [0, 0.05) is 0 Å². The molecule has 1 rings (SSSR count). The van der Waals surface area contributed by atoms with Crippen LogP contribution in [0.1, 0.15) is 6.92 Å². The summed E-state index contributed by atoms with van der Waals surface area (Å²) < 4.78 is 10.4. The fourth-order valence-corrected chi connectivity index (χ4v) is 0.993. The Kier molecular flexibility index (Phi) is 3.79. The Balaban J connectivity index is 2.68. The van der Waals surface area contributed by atoms with Crippen molar-refractivity contribution in [2.45, 2.75) is 6.92 Å². The van der Waals surface area contributed by atoms with E-state index in [9.17, 15) is 4.79 Å². The van der Waals surface area contributed by atoms with Crippen molar-refractivity contribution >= 4 is 5.91 Å². The maximum Gasteiger partial charge on any atom is 0.255 e. The van der Waals surface area contributed by atoms with Gasteiger partial charge in [-0.25, -0.2) is 0 Å². The number of carbonyl (C=O) groups excluding carboxylic acids is 1. The van der Waals surface area contributed by atoms with E-state index < -0.39 is 5.91 Å². The number of nitrogens with two attached hydrogens (primary N) is 1. The second-order valence-corrected chi connectivity index (χ2v) is 2.63. The SMILES string of the molecule is CCOc1ccccc1OCC(N)=O. The minimum Gasteiger partial charge on any atom is -0.490 e. The molecule has 2 N–H and O–H groups in total. The van der Waals surface area contributed by atoms with E-state index in [0.29, 0.717) is 18.1 Å². The standard InChI is InChI=1S/C10H13NO3/c1-2-13-8-5-3-4-6-9(8)14-7-10(11)12/h3-6H,2,7H2,1H3,(H2,11,12). The molecule has 0 aliphatic heterocycles. The third kappa shape index (κ3) is 2.97. The van der Waals surface area contributed by atoms with Gasteiger partial charge in [0.05, 0.1) is 6.61 Å². The van der Waals surface area contributed by atoms with Crippen LogP contribution in [0.5, 0.6) is 11.5 Å². The van der Waals surface area contributed by atoms with E-state index in [0.717, 1.165) is 0 Å². The molecule has 1 aromatic carbocycles. The highest BCUT2D eigenvalue weighted by Gasteiger charge is 2.04. The second kappa shape index (κ2) is 5.11. The Labute approximate surface area is 82.6 Å². The Morgan fingerprint density at radius 2 is 1.86 bits per heavy atom. The summed E-state index contributed by atoms with van der Waals surface area (Å²) in [7, 11) is 0. The van der Waals surface area contributed by atoms with Gasteiger partial charge in [0.1, 0.15) is 0 Å². The van der Waals surface area contributed by atoms with E-state index in [-0.39, 0.29) is 6.61 Å². The van der Waals surface area contributed by atoms with Crippen LogP contribution in [0, 0.1) is 0 Å². The van der Waals surface area contributed by atoms with E-state index in [2.05, 4.69) is 0 Å². The van der Waals surface area contributed by atoms with Crippen molar-refractivity contribution in [3.63, 3.8) is 0 Å². The molecule has 1 amide bonds. The van der Waals surface area contributed by atoms with Crippen molar-refractivity contribution in [3.05, 3.63) is 24.3 Å². The van der Waals surface area contributed by atoms with Crippen LogP contribution in [0.3, 0.4) is 0 Å². The molecule has 0 saturated carbocycles. The van der Waals surface area contributed by atoms with Crippen LogP contribution < -0.4 is 15.2 Å². The fourth-order valence-electron chi connectivity index (χ4n) is 0.993. The lowest BCUT2D eigenvalue weighted by molar-refractivity contribution is -0.119. The third-order valence-corrected chi connectivity index (χ3v) is 1.52. The molecule has 0 saturated heterocycles. The first kappa shape index (κ1) is 10.4. The highest BCUT2D eigenvalue weighted by molar-refractivity contribution is 5.75. The number of rotatable bonds is 5. The summed E-state index contributed by atoms with van der Waals surface area (Å²) in [4.78, 5) is 10.5. The maximum atomic E-state index is 10.5. The van der Waals surface area contributed by atoms with Crippen LogP contribution in [-0.2, 0) is 4.79 Å². The zero-order valence-corrected chi connectivity index (χ0v) is 8.03. The lowest BCUT2D eigenvalue weighted by Gasteiger charge is -2.09. The molecule has 0 fully saturated rings. The van der Waals surface area contributed by atoms with Crippen LogP contribution in [-0.4, -0.2) is 19.1 Å². The Hall–Kier alpha value is -1.71. The fraction of sp³-hybridized carbons (Fsp3) is 0.300. The molecule has 14 heavy (non-hydrogen) atoms. The number of hydrogen-bond donors (Lipinski definition) is 1. The predicted octanol–water partition coefficient (Wildman–Crippen LogP) is 0.949. The van der Waals surface area contributed by atoms with Gasteiger partial charge < -0.3 is 15.2 Å². The van der Waals surface area contributed by atoms with E-state index >= 15 is 0 Å². The average molecular weight is 195 g/mol. The first-order valence-electron chi connectivity index (χ1n) is 4.37. The first-order valence-corrected chi connectivity index (χ1v) is 4.37. The van der Waals surface area contributed by atoms with E-state index in [4.69, 9.17) is 15.2 Å². The molecular formula is C10H13NO3. The predicted molar refractivity (Wildman–Crippen MR) is 52.3 cm³/mol. The van der Waals surface area contributed by atoms with Gasteiger partial charge in [-0.3, -0.25) is 4.79 Å². The summed E-state index contributed by atoms with van der Waals surface area (Å²) in [6.45, 7) is 2.30. The van der Waals surface area contributed by atoms with Gasteiger partial charge >= 0.3 is 0 Å². The molecule has 0 bridgehead atoms. The van der Waals surface area contributed by atoms with Crippen molar-refractivity contribution in [2.75, 3.05) is 13.2 Å². The number of amides is 1. The summed E-state index contributed by atoms with van der Waals surface area (Å²) in [5.41, 5.74) is 4.96. The zero-order valence-electron chi connectivity index (χ0n) is 8.03. The highest BCUT2D eigenvalue weighted by atomic mass is 16.5. The largest absolute Gasteiger partial charge is 0.490 e. The van der Waals surface area contributed by atoms with Crippen molar-refractivity contribution in [1.82, 2.24) is 0 Å². The van der Waals surface area contributed by atoms with E-state index in [1.54, 1.807) is 18.2 Å². The van der Waals surface area contributed by atoms with E-state index in [1.165, 1.54) is 0 Å². The van der Waals surface area contributed by atoms with E-state index in [1.807, 2.05) is 13.0 Å². The molecule has 4 nitrogen and oxygen atoms in total.